The lowest BCUT2D eigenvalue weighted by Crippen LogP contribution is -2.35. The lowest BCUT2D eigenvalue weighted by Gasteiger charge is -2.35. The first-order valence-electron chi connectivity index (χ1n) is 14.3. The van der Waals surface area contributed by atoms with Crippen LogP contribution in [0, 0.1) is 0 Å². The second-order valence-corrected chi connectivity index (χ2v) is 11.6. The second kappa shape index (κ2) is 11.0. The molecule has 2 fully saturated rings. The minimum absolute atomic E-state index is 0.149. The first kappa shape index (κ1) is 26.3. The molecule has 2 saturated heterocycles. The number of ether oxygens (including phenoxy) is 3. The SMILES string of the molecule is O=C(O)c1ccc2nc(CN3CCC(c4cccc5c4OCC(c4ccc(Cl)cc4)O5)CC3)n(CC3CCO3)c2c1. The molecule has 0 spiro atoms. The molecule has 3 aromatic carbocycles. The summed E-state index contributed by atoms with van der Waals surface area (Å²) in [6.07, 6.45) is 3.02. The summed E-state index contributed by atoms with van der Waals surface area (Å²) in [4.78, 5) is 19.0. The van der Waals surface area contributed by atoms with Crippen molar-refractivity contribution in [1.29, 1.82) is 0 Å². The Bertz CT molecular complexity index is 1570. The number of para-hydroxylation sites is 1. The number of imidazole rings is 1. The molecule has 0 amide bonds. The number of carbonyl (C=O) groups is 1. The molecule has 2 atom stereocenters. The highest BCUT2D eigenvalue weighted by Crippen LogP contribution is 2.44. The zero-order valence-corrected chi connectivity index (χ0v) is 23.4. The fourth-order valence-corrected chi connectivity index (χ4v) is 6.28. The number of piperidine rings is 1. The highest BCUT2D eigenvalue weighted by atomic mass is 35.5. The molecule has 4 heterocycles. The molecule has 9 heteroatoms. The van der Waals surface area contributed by atoms with E-state index in [-0.39, 0.29) is 17.8 Å². The van der Waals surface area contributed by atoms with Gasteiger partial charge in [0, 0.05) is 17.2 Å². The summed E-state index contributed by atoms with van der Waals surface area (Å²) in [5.41, 5.74) is 4.22. The number of likely N-dealkylation sites (tertiary alicyclic amines) is 1. The molecule has 1 N–H and O–H groups in total. The number of carboxylic acid groups (broad SMARTS) is 1. The Morgan fingerprint density at radius 2 is 1.85 bits per heavy atom. The third-order valence-corrected chi connectivity index (χ3v) is 8.80. The number of aromatic carboxylic acids is 1. The molecule has 0 saturated carbocycles. The molecule has 0 radical (unpaired) electrons. The maximum atomic E-state index is 11.6. The van der Waals surface area contributed by atoms with Crippen molar-refractivity contribution in [2.45, 2.75) is 50.5 Å². The minimum atomic E-state index is -0.929. The quantitative estimate of drug-likeness (QED) is 0.287. The number of nitrogens with zero attached hydrogens (tertiary/aromatic N) is 3. The fourth-order valence-electron chi connectivity index (χ4n) is 6.15. The zero-order chi connectivity index (χ0) is 27.9. The Labute approximate surface area is 243 Å². The van der Waals surface area contributed by atoms with Crippen LogP contribution in [0.2, 0.25) is 5.02 Å². The monoisotopic (exact) mass is 573 g/mol. The van der Waals surface area contributed by atoms with E-state index >= 15 is 0 Å². The molecule has 0 aliphatic carbocycles. The third kappa shape index (κ3) is 5.27. The second-order valence-electron chi connectivity index (χ2n) is 11.1. The van der Waals surface area contributed by atoms with Crippen molar-refractivity contribution >= 4 is 28.6 Å². The van der Waals surface area contributed by atoms with Crippen LogP contribution in [0.1, 0.15) is 58.6 Å². The third-order valence-electron chi connectivity index (χ3n) is 8.55. The van der Waals surface area contributed by atoms with Gasteiger partial charge in [0.15, 0.2) is 17.6 Å². The van der Waals surface area contributed by atoms with E-state index < -0.39 is 5.97 Å². The molecule has 1 aromatic heterocycles. The predicted molar refractivity (Wildman–Crippen MR) is 155 cm³/mol. The van der Waals surface area contributed by atoms with Gasteiger partial charge in [0.25, 0.3) is 0 Å². The Morgan fingerprint density at radius 1 is 1.05 bits per heavy atom. The van der Waals surface area contributed by atoms with Crippen LogP contribution in [0.4, 0.5) is 0 Å². The summed E-state index contributed by atoms with van der Waals surface area (Å²) in [5, 5.41) is 10.2. The largest absolute Gasteiger partial charge is 0.485 e. The topological polar surface area (TPSA) is 86.0 Å². The Hall–Kier alpha value is -3.59. The van der Waals surface area contributed by atoms with Crippen LogP contribution < -0.4 is 9.47 Å². The minimum Gasteiger partial charge on any atom is -0.485 e. The van der Waals surface area contributed by atoms with Crippen LogP contribution >= 0.6 is 11.6 Å². The maximum absolute atomic E-state index is 11.6. The maximum Gasteiger partial charge on any atom is 0.335 e. The van der Waals surface area contributed by atoms with Crippen molar-refractivity contribution in [2.75, 3.05) is 26.3 Å². The molecular formula is C32H32ClN3O5. The average molecular weight is 574 g/mol. The van der Waals surface area contributed by atoms with E-state index in [1.165, 1.54) is 5.56 Å². The van der Waals surface area contributed by atoms with E-state index in [2.05, 4.69) is 21.6 Å². The first-order valence-corrected chi connectivity index (χ1v) is 14.6. The van der Waals surface area contributed by atoms with Gasteiger partial charge in [-0.25, -0.2) is 9.78 Å². The zero-order valence-electron chi connectivity index (χ0n) is 22.7. The molecule has 212 valence electrons. The number of benzene rings is 3. The van der Waals surface area contributed by atoms with Crippen LogP contribution in [-0.2, 0) is 17.8 Å². The van der Waals surface area contributed by atoms with Gasteiger partial charge >= 0.3 is 5.97 Å². The van der Waals surface area contributed by atoms with E-state index in [0.29, 0.717) is 30.6 Å². The van der Waals surface area contributed by atoms with Crippen molar-refractivity contribution < 1.29 is 24.1 Å². The summed E-state index contributed by atoms with van der Waals surface area (Å²) in [6, 6.07) is 19.1. The van der Waals surface area contributed by atoms with Crippen LogP contribution in [0.15, 0.2) is 60.7 Å². The van der Waals surface area contributed by atoms with Crippen LogP contribution in [0.25, 0.3) is 11.0 Å². The van der Waals surface area contributed by atoms with Crippen LogP contribution in [0.3, 0.4) is 0 Å². The van der Waals surface area contributed by atoms with Crippen molar-refractivity contribution in [3.8, 4) is 11.5 Å². The number of hydrogen-bond donors (Lipinski definition) is 1. The molecule has 0 bridgehead atoms. The molecule has 2 unspecified atom stereocenters. The number of aromatic nitrogens is 2. The summed E-state index contributed by atoms with van der Waals surface area (Å²) in [5.74, 6) is 2.08. The number of hydrogen-bond acceptors (Lipinski definition) is 6. The van der Waals surface area contributed by atoms with E-state index in [0.717, 1.165) is 72.9 Å². The van der Waals surface area contributed by atoms with Gasteiger partial charge in [0.2, 0.25) is 0 Å². The van der Waals surface area contributed by atoms with E-state index in [1.54, 1.807) is 12.1 Å². The Morgan fingerprint density at radius 3 is 2.59 bits per heavy atom. The highest BCUT2D eigenvalue weighted by Gasteiger charge is 2.30. The van der Waals surface area contributed by atoms with Gasteiger partial charge in [0.05, 0.1) is 35.8 Å². The van der Waals surface area contributed by atoms with E-state index in [9.17, 15) is 9.90 Å². The van der Waals surface area contributed by atoms with E-state index in [4.69, 9.17) is 30.8 Å². The van der Waals surface area contributed by atoms with Gasteiger partial charge in [-0.2, -0.15) is 0 Å². The van der Waals surface area contributed by atoms with Gasteiger partial charge < -0.3 is 23.9 Å². The normalized spacial score (nSPS) is 21.1. The lowest BCUT2D eigenvalue weighted by molar-refractivity contribution is -0.0592. The molecule has 41 heavy (non-hydrogen) atoms. The van der Waals surface area contributed by atoms with Crippen molar-refractivity contribution in [3.63, 3.8) is 0 Å². The predicted octanol–water partition coefficient (Wildman–Crippen LogP) is 6.07. The van der Waals surface area contributed by atoms with Gasteiger partial charge in [-0.3, -0.25) is 4.90 Å². The molecule has 7 rings (SSSR count). The highest BCUT2D eigenvalue weighted by molar-refractivity contribution is 6.30. The lowest BCUT2D eigenvalue weighted by atomic mass is 9.88. The number of halogens is 1. The summed E-state index contributed by atoms with van der Waals surface area (Å²) >= 11 is 6.06. The molecule has 3 aliphatic rings. The van der Waals surface area contributed by atoms with Crippen molar-refractivity contribution in [2.24, 2.45) is 0 Å². The summed E-state index contributed by atoms with van der Waals surface area (Å²) in [6.45, 7) is 4.52. The van der Waals surface area contributed by atoms with E-state index in [1.807, 2.05) is 36.4 Å². The van der Waals surface area contributed by atoms with Gasteiger partial charge in [-0.15, -0.1) is 0 Å². The van der Waals surface area contributed by atoms with Gasteiger partial charge in [-0.1, -0.05) is 35.9 Å². The average Bonchev–Trinajstić information content (AvgIpc) is 3.31. The molecule has 3 aliphatic heterocycles. The van der Waals surface area contributed by atoms with Gasteiger partial charge in [0.1, 0.15) is 12.4 Å². The summed E-state index contributed by atoms with van der Waals surface area (Å²) < 4.78 is 20.6. The van der Waals surface area contributed by atoms with Gasteiger partial charge in [-0.05, 0) is 80.2 Å². The Kier molecular flexibility index (Phi) is 7.06. The molecular weight excluding hydrogens is 542 g/mol. The van der Waals surface area contributed by atoms with Crippen molar-refractivity contribution in [3.05, 3.63) is 88.2 Å². The summed E-state index contributed by atoms with van der Waals surface area (Å²) in [7, 11) is 0. The number of fused-ring (bicyclic) bond motifs is 2. The standard InChI is InChI=1S/C32H32ClN3O5/c33-23-7-4-21(5-8-23)29-19-40-31-25(2-1-3-28(31)41-29)20-10-13-35(14-11-20)18-30-34-26-9-6-22(32(37)38)16-27(26)36(30)17-24-12-15-39-24/h1-9,16,20,24,29H,10-15,17-19H2,(H,37,38). The molecule has 8 nitrogen and oxygen atoms in total. The number of rotatable bonds is 7. The smallest absolute Gasteiger partial charge is 0.335 e. The fraction of sp³-hybridized carbons (Fsp3) is 0.375. The van der Waals surface area contributed by atoms with Crippen LogP contribution in [0.5, 0.6) is 11.5 Å². The van der Waals surface area contributed by atoms with Crippen LogP contribution in [-0.4, -0.2) is 57.9 Å². The molecule has 4 aromatic rings. The number of carboxylic acids is 1. The Balaban J connectivity index is 1.05. The first-order chi connectivity index (χ1) is 20.0. The van der Waals surface area contributed by atoms with Crippen molar-refractivity contribution in [1.82, 2.24) is 14.5 Å².